The van der Waals surface area contributed by atoms with Crippen molar-refractivity contribution in [1.29, 1.82) is 0 Å². The summed E-state index contributed by atoms with van der Waals surface area (Å²) in [5.41, 5.74) is -0.221. The molecule has 0 aromatic heterocycles. The minimum Gasteiger partial charge on any atom is -0.490 e. The lowest BCUT2D eigenvalue weighted by Gasteiger charge is -2.36. The van der Waals surface area contributed by atoms with Gasteiger partial charge in [-0.3, -0.25) is 0 Å². The normalized spacial score (nSPS) is 17.4. The zero-order chi connectivity index (χ0) is 15.0. The van der Waals surface area contributed by atoms with Crippen LogP contribution in [-0.4, -0.2) is 50.2 Å². The maximum absolute atomic E-state index is 9.59. The van der Waals surface area contributed by atoms with Gasteiger partial charge in [0, 0.05) is 25.3 Å². The van der Waals surface area contributed by atoms with Gasteiger partial charge >= 0.3 is 0 Å². The van der Waals surface area contributed by atoms with E-state index in [4.69, 9.17) is 14.2 Å². The second kappa shape index (κ2) is 8.22. The van der Waals surface area contributed by atoms with Crippen molar-refractivity contribution >= 4 is 0 Å². The Kier molecular flexibility index (Phi) is 6.29. The third-order valence-electron chi connectivity index (χ3n) is 3.76. The average molecular weight is 295 g/mol. The van der Waals surface area contributed by atoms with E-state index in [9.17, 15) is 5.11 Å². The van der Waals surface area contributed by atoms with Crippen LogP contribution < -0.4 is 14.8 Å². The van der Waals surface area contributed by atoms with Crippen LogP contribution in [0.3, 0.4) is 0 Å². The predicted octanol–water partition coefficient (Wildman–Crippen LogP) is 1.60. The average Bonchev–Trinajstić information content (AvgIpc) is 2.54. The van der Waals surface area contributed by atoms with Gasteiger partial charge in [-0.1, -0.05) is 12.1 Å². The fraction of sp³-hybridized carbons (Fsp3) is 0.625. The molecule has 1 heterocycles. The Morgan fingerprint density at radius 2 is 1.86 bits per heavy atom. The van der Waals surface area contributed by atoms with Gasteiger partial charge in [-0.2, -0.15) is 0 Å². The van der Waals surface area contributed by atoms with Crippen LogP contribution in [0.5, 0.6) is 11.5 Å². The fourth-order valence-electron chi connectivity index (χ4n) is 2.47. The molecule has 0 radical (unpaired) electrons. The minimum atomic E-state index is -0.221. The Hall–Kier alpha value is -1.30. The zero-order valence-electron chi connectivity index (χ0n) is 12.6. The third-order valence-corrected chi connectivity index (χ3v) is 3.76. The second-order valence-electron chi connectivity index (χ2n) is 5.21. The smallest absolute Gasteiger partial charge is 0.161 e. The zero-order valence-corrected chi connectivity index (χ0v) is 12.6. The molecule has 0 atom stereocenters. The Morgan fingerprint density at radius 3 is 2.48 bits per heavy atom. The summed E-state index contributed by atoms with van der Waals surface area (Å²) in [6.07, 6.45) is 1.66. The highest BCUT2D eigenvalue weighted by atomic mass is 16.5. The number of hydrogen-bond donors (Lipinski definition) is 2. The van der Waals surface area contributed by atoms with Gasteiger partial charge in [-0.05, 0) is 31.9 Å². The van der Waals surface area contributed by atoms with Crippen molar-refractivity contribution in [3.8, 4) is 11.5 Å². The fourth-order valence-corrected chi connectivity index (χ4v) is 2.47. The van der Waals surface area contributed by atoms with E-state index in [0.717, 1.165) is 24.3 Å². The van der Waals surface area contributed by atoms with E-state index in [0.29, 0.717) is 33.0 Å². The van der Waals surface area contributed by atoms with Crippen LogP contribution in [0.4, 0.5) is 0 Å². The first-order chi connectivity index (χ1) is 10.3. The lowest BCUT2D eigenvalue weighted by Crippen LogP contribution is -2.53. The van der Waals surface area contributed by atoms with Gasteiger partial charge in [-0.25, -0.2) is 0 Å². The van der Waals surface area contributed by atoms with Crippen LogP contribution in [0.1, 0.15) is 19.8 Å². The molecule has 21 heavy (non-hydrogen) atoms. The molecule has 1 fully saturated rings. The number of ether oxygens (including phenoxy) is 3. The van der Waals surface area contributed by atoms with E-state index in [2.05, 4.69) is 5.32 Å². The molecular weight excluding hydrogens is 270 g/mol. The lowest BCUT2D eigenvalue weighted by atomic mass is 9.91. The summed E-state index contributed by atoms with van der Waals surface area (Å²) >= 11 is 0. The molecule has 1 aliphatic heterocycles. The molecule has 0 bridgehead atoms. The van der Waals surface area contributed by atoms with E-state index in [1.54, 1.807) is 0 Å². The van der Waals surface area contributed by atoms with Gasteiger partial charge in [-0.15, -0.1) is 0 Å². The van der Waals surface area contributed by atoms with E-state index >= 15 is 0 Å². The van der Waals surface area contributed by atoms with Gasteiger partial charge in [0.25, 0.3) is 0 Å². The van der Waals surface area contributed by atoms with Crippen LogP contribution in [0.15, 0.2) is 24.3 Å². The van der Waals surface area contributed by atoms with Gasteiger partial charge in [0.2, 0.25) is 0 Å². The Balaban J connectivity index is 1.79. The summed E-state index contributed by atoms with van der Waals surface area (Å²) in [5.74, 6) is 1.52. The lowest BCUT2D eigenvalue weighted by molar-refractivity contribution is 0.0108. The monoisotopic (exact) mass is 295 g/mol. The molecule has 0 spiro atoms. The summed E-state index contributed by atoms with van der Waals surface area (Å²) in [4.78, 5) is 0. The number of aliphatic hydroxyl groups is 1. The maximum Gasteiger partial charge on any atom is 0.161 e. The van der Waals surface area contributed by atoms with E-state index < -0.39 is 0 Å². The molecule has 5 nitrogen and oxygen atoms in total. The molecule has 1 aromatic rings. The number of aliphatic hydroxyl groups excluding tert-OH is 1. The largest absolute Gasteiger partial charge is 0.490 e. The van der Waals surface area contributed by atoms with Crippen LogP contribution in [-0.2, 0) is 4.74 Å². The highest BCUT2D eigenvalue weighted by molar-refractivity contribution is 5.39. The van der Waals surface area contributed by atoms with E-state index in [1.165, 1.54) is 0 Å². The highest BCUT2D eigenvalue weighted by Crippen LogP contribution is 2.26. The maximum atomic E-state index is 9.59. The second-order valence-corrected chi connectivity index (χ2v) is 5.21. The minimum absolute atomic E-state index is 0.131. The third kappa shape index (κ3) is 4.59. The molecular formula is C16H25NO4. The van der Waals surface area contributed by atoms with Crippen molar-refractivity contribution in [2.24, 2.45) is 0 Å². The van der Waals surface area contributed by atoms with Gasteiger partial charge < -0.3 is 24.6 Å². The number of nitrogens with one attached hydrogen (secondary N) is 1. The number of benzene rings is 1. The standard InChI is InChI=1S/C16H25NO4/c1-2-20-14-5-3-4-6-15(14)21-12-9-17-16(13-18)7-10-19-11-8-16/h3-6,17-18H,2,7-13H2,1H3. The van der Waals surface area contributed by atoms with E-state index in [-0.39, 0.29) is 12.1 Å². The van der Waals surface area contributed by atoms with Crippen molar-refractivity contribution in [2.45, 2.75) is 25.3 Å². The van der Waals surface area contributed by atoms with Crippen molar-refractivity contribution in [3.63, 3.8) is 0 Å². The van der Waals surface area contributed by atoms with Crippen LogP contribution in [0.2, 0.25) is 0 Å². The Labute approximate surface area is 126 Å². The number of rotatable bonds is 8. The molecule has 1 aromatic carbocycles. The van der Waals surface area contributed by atoms with Gasteiger partial charge in [0.05, 0.1) is 13.2 Å². The first-order valence-electron chi connectivity index (χ1n) is 7.58. The molecule has 0 amide bonds. The summed E-state index contributed by atoms with van der Waals surface area (Å²) in [6, 6.07) is 7.67. The Bertz CT molecular complexity index is 418. The topological polar surface area (TPSA) is 60.0 Å². The molecule has 118 valence electrons. The van der Waals surface area contributed by atoms with Crippen molar-refractivity contribution in [1.82, 2.24) is 5.32 Å². The number of para-hydroxylation sites is 2. The summed E-state index contributed by atoms with van der Waals surface area (Å²) in [7, 11) is 0. The summed E-state index contributed by atoms with van der Waals surface area (Å²) in [5, 5.41) is 13.0. The molecule has 0 aliphatic carbocycles. The summed E-state index contributed by atoms with van der Waals surface area (Å²) < 4.78 is 16.6. The molecule has 5 heteroatoms. The summed E-state index contributed by atoms with van der Waals surface area (Å²) in [6.45, 7) is 5.31. The molecule has 1 aliphatic rings. The molecule has 1 saturated heterocycles. The van der Waals surface area contributed by atoms with E-state index in [1.807, 2.05) is 31.2 Å². The molecule has 0 saturated carbocycles. The first-order valence-corrected chi connectivity index (χ1v) is 7.58. The van der Waals surface area contributed by atoms with Crippen LogP contribution in [0, 0.1) is 0 Å². The quantitative estimate of drug-likeness (QED) is 0.713. The predicted molar refractivity (Wildman–Crippen MR) is 81.0 cm³/mol. The SMILES string of the molecule is CCOc1ccccc1OCCNC1(CO)CCOCC1. The van der Waals surface area contributed by atoms with Crippen molar-refractivity contribution in [2.75, 3.05) is 39.6 Å². The van der Waals surface area contributed by atoms with Gasteiger partial charge in [0.1, 0.15) is 6.61 Å². The van der Waals surface area contributed by atoms with Crippen molar-refractivity contribution in [3.05, 3.63) is 24.3 Å². The number of hydrogen-bond acceptors (Lipinski definition) is 5. The van der Waals surface area contributed by atoms with Crippen molar-refractivity contribution < 1.29 is 19.3 Å². The Morgan fingerprint density at radius 1 is 1.19 bits per heavy atom. The van der Waals surface area contributed by atoms with Crippen LogP contribution in [0.25, 0.3) is 0 Å². The molecule has 2 N–H and O–H groups in total. The van der Waals surface area contributed by atoms with Crippen LogP contribution >= 0.6 is 0 Å². The highest BCUT2D eigenvalue weighted by Gasteiger charge is 2.30. The molecule has 2 rings (SSSR count). The molecule has 0 unspecified atom stereocenters. The van der Waals surface area contributed by atoms with Gasteiger partial charge in [0.15, 0.2) is 11.5 Å². The first kappa shape index (κ1) is 16.1.